The van der Waals surface area contributed by atoms with Gasteiger partial charge in [-0.2, -0.15) is 0 Å². The molecule has 0 saturated carbocycles. The van der Waals surface area contributed by atoms with Gasteiger partial charge in [-0.3, -0.25) is 9.59 Å². The summed E-state index contributed by atoms with van der Waals surface area (Å²) in [7, 11) is 0. The minimum Gasteiger partial charge on any atom is -0.341 e. The molecule has 0 unspecified atom stereocenters. The third-order valence-electron chi connectivity index (χ3n) is 2.77. The van der Waals surface area contributed by atoms with Crippen molar-refractivity contribution in [2.24, 2.45) is 0 Å². The quantitative estimate of drug-likeness (QED) is 0.843. The van der Waals surface area contributed by atoms with E-state index in [1.54, 1.807) is 6.07 Å². The molecule has 1 aromatic carbocycles. The fourth-order valence-corrected chi connectivity index (χ4v) is 2.08. The predicted molar refractivity (Wildman–Crippen MR) is 61.0 cm³/mol. The highest BCUT2D eigenvalue weighted by Gasteiger charge is 2.37. The molecule has 0 bridgehead atoms. The zero-order chi connectivity index (χ0) is 12.6. The molecule has 17 heavy (non-hydrogen) atoms. The first kappa shape index (κ1) is 11.6. The highest BCUT2D eigenvalue weighted by molar-refractivity contribution is 6.06. The maximum Gasteiger partial charge on any atom is 0.254 e. The van der Waals surface area contributed by atoms with Crippen LogP contribution in [0.2, 0.25) is 0 Å². The van der Waals surface area contributed by atoms with Crippen LogP contribution in [0.5, 0.6) is 0 Å². The number of nitrogens with zero attached hydrogens (tertiary/aromatic N) is 1. The van der Waals surface area contributed by atoms with E-state index in [1.165, 1.54) is 24.0 Å². The molecule has 1 atom stereocenters. The van der Waals surface area contributed by atoms with Crippen molar-refractivity contribution in [3.05, 3.63) is 29.6 Å². The van der Waals surface area contributed by atoms with E-state index in [9.17, 15) is 14.0 Å². The number of fused-ring (bicyclic) bond motifs is 1. The molecule has 2 amide bonds. The van der Waals surface area contributed by atoms with Crippen molar-refractivity contribution in [3.8, 4) is 0 Å². The van der Waals surface area contributed by atoms with Gasteiger partial charge in [-0.25, -0.2) is 4.39 Å². The fourth-order valence-electron chi connectivity index (χ4n) is 2.08. The van der Waals surface area contributed by atoms with E-state index >= 15 is 0 Å². The highest BCUT2D eigenvalue weighted by atomic mass is 19.1. The number of rotatable bonds is 2. The lowest BCUT2D eigenvalue weighted by atomic mass is 10.1. The van der Waals surface area contributed by atoms with Crippen LogP contribution in [-0.2, 0) is 9.59 Å². The lowest BCUT2D eigenvalue weighted by Gasteiger charge is -2.15. The molecular formula is C12H13FN2O2. The summed E-state index contributed by atoms with van der Waals surface area (Å²) in [6, 6.07) is 3.40. The number of anilines is 1. The second-order valence-corrected chi connectivity index (χ2v) is 3.92. The van der Waals surface area contributed by atoms with Crippen molar-refractivity contribution in [1.29, 1.82) is 0 Å². The summed E-state index contributed by atoms with van der Waals surface area (Å²) >= 11 is 0. The van der Waals surface area contributed by atoms with Gasteiger partial charge in [0, 0.05) is 24.7 Å². The van der Waals surface area contributed by atoms with Crippen LogP contribution in [0.4, 0.5) is 10.1 Å². The molecule has 2 rings (SSSR count). The molecule has 5 heteroatoms. The highest BCUT2D eigenvalue weighted by Crippen LogP contribution is 2.35. The first-order valence-electron chi connectivity index (χ1n) is 5.42. The van der Waals surface area contributed by atoms with Crippen LogP contribution < -0.4 is 10.2 Å². The van der Waals surface area contributed by atoms with Crippen LogP contribution >= 0.6 is 0 Å². The largest absolute Gasteiger partial charge is 0.341 e. The summed E-state index contributed by atoms with van der Waals surface area (Å²) in [5.41, 5.74) is 1.18. The van der Waals surface area contributed by atoms with Gasteiger partial charge in [-0.05, 0) is 25.1 Å². The number of carbonyl (C=O) groups is 2. The second-order valence-electron chi connectivity index (χ2n) is 3.92. The summed E-state index contributed by atoms with van der Waals surface area (Å²) in [4.78, 5) is 24.6. The van der Waals surface area contributed by atoms with Crippen LogP contribution in [-0.4, -0.2) is 18.4 Å². The summed E-state index contributed by atoms with van der Waals surface area (Å²) < 4.78 is 13.2. The van der Waals surface area contributed by atoms with Gasteiger partial charge in [-0.15, -0.1) is 0 Å². The molecule has 0 aliphatic carbocycles. The van der Waals surface area contributed by atoms with Crippen molar-refractivity contribution in [1.82, 2.24) is 5.32 Å². The predicted octanol–water partition coefficient (Wildman–Crippen LogP) is 1.37. The normalized spacial score (nSPS) is 18.2. The van der Waals surface area contributed by atoms with Gasteiger partial charge in [0.25, 0.3) is 5.91 Å². The molecule has 1 aliphatic heterocycles. The Kier molecular flexibility index (Phi) is 2.83. The van der Waals surface area contributed by atoms with Crippen molar-refractivity contribution < 1.29 is 14.0 Å². The Hall–Kier alpha value is -1.91. The average molecular weight is 236 g/mol. The monoisotopic (exact) mass is 236 g/mol. The molecule has 1 aliphatic rings. The number of carbonyl (C=O) groups excluding carboxylic acids is 2. The van der Waals surface area contributed by atoms with Crippen molar-refractivity contribution in [3.63, 3.8) is 0 Å². The van der Waals surface area contributed by atoms with E-state index in [4.69, 9.17) is 0 Å². The van der Waals surface area contributed by atoms with Gasteiger partial charge < -0.3 is 10.2 Å². The smallest absolute Gasteiger partial charge is 0.254 e. The van der Waals surface area contributed by atoms with Gasteiger partial charge in [0.1, 0.15) is 11.9 Å². The number of likely N-dealkylation sites (N-methyl/N-ethyl adjacent to an activating group) is 1. The zero-order valence-electron chi connectivity index (χ0n) is 9.66. The summed E-state index contributed by atoms with van der Waals surface area (Å²) in [6.45, 7) is 3.66. The van der Waals surface area contributed by atoms with Crippen LogP contribution in [0.25, 0.3) is 0 Å². The topological polar surface area (TPSA) is 49.4 Å². The van der Waals surface area contributed by atoms with E-state index in [-0.39, 0.29) is 11.8 Å². The lowest BCUT2D eigenvalue weighted by molar-refractivity contribution is -0.126. The molecule has 90 valence electrons. The number of hydrogen-bond donors (Lipinski definition) is 1. The van der Waals surface area contributed by atoms with Crippen LogP contribution in [0.15, 0.2) is 18.2 Å². The number of nitrogens with one attached hydrogen (secondary N) is 1. The zero-order valence-corrected chi connectivity index (χ0v) is 9.66. The Labute approximate surface area is 98.4 Å². The number of benzene rings is 1. The minimum absolute atomic E-state index is 0.219. The van der Waals surface area contributed by atoms with Gasteiger partial charge in [0.2, 0.25) is 5.91 Å². The average Bonchev–Trinajstić information content (AvgIpc) is 2.51. The van der Waals surface area contributed by atoms with E-state index < -0.39 is 11.9 Å². The first-order chi connectivity index (χ1) is 8.04. The van der Waals surface area contributed by atoms with Gasteiger partial charge in [0.05, 0.1) is 0 Å². The van der Waals surface area contributed by atoms with E-state index in [2.05, 4.69) is 5.32 Å². The van der Waals surface area contributed by atoms with Crippen molar-refractivity contribution in [2.45, 2.75) is 19.9 Å². The molecule has 4 nitrogen and oxygen atoms in total. The second kappa shape index (κ2) is 4.16. The fraction of sp³-hybridized carbons (Fsp3) is 0.333. The molecule has 0 aromatic heterocycles. The van der Waals surface area contributed by atoms with E-state index in [1.807, 2.05) is 6.92 Å². The SMILES string of the molecule is CCN1C(=O)[C@H](NC(C)=O)c2cc(F)ccc21. The molecule has 0 saturated heterocycles. The van der Waals surface area contributed by atoms with Gasteiger partial charge in [0.15, 0.2) is 0 Å². The molecular weight excluding hydrogens is 223 g/mol. The Morgan fingerprint density at radius 2 is 2.24 bits per heavy atom. The summed E-state index contributed by atoms with van der Waals surface area (Å²) in [6.07, 6.45) is 0. The maximum atomic E-state index is 13.2. The van der Waals surface area contributed by atoms with Gasteiger partial charge in [-0.1, -0.05) is 0 Å². The third kappa shape index (κ3) is 1.88. The number of hydrogen-bond acceptors (Lipinski definition) is 2. The molecule has 1 N–H and O–H groups in total. The van der Waals surface area contributed by atoms with E-state index in [0.717, 1.165) is 0 Å². The maximum absolute atomic E-state index is 13.2. The Bertz CT molecular complexity index is 487. The van der Waals surface area contributed by atoms with Crippen LogP contribution in [0, 0.1) is 5.82 Å². The Morgan fingerprint density at radius 1 is 1.53 bits per heavy atom. The first-order valence-corrected chi connectivity index (χ1v) is 5.42. The third-order valence-corrected chi connectivity index (χ3v) is 2.77. The van der Waals surface area contributed by atoms with E-state index in [0.29, 0.717) is 17.8 Å². The van der Waals surface area contributed by atoms with Crippen LogP contribution in [0.1, 0.15) is 25.5 Å². The van der Waals surface area contributed by atoms with Gasteiger partial charge >= 0.3 is 0 Å². The molecule has 1 heterocycles. The molecule has 1 aromatic rings. The number of amides is 2. The minimum atomic E-state index is -0.766. The lowest BCUT2D eigenvalue weighted by Crippen LogP contribution is -2.36. The summed E-state index contributed by atoms with van der Waals surface area (Å²) in [5, 5.41) is 2.54. The summed E-state index contributed by atoms with van der Waals surface area (Å²) in [5.74, 6) is -0.940. The molecule has 0 radical (unpaired) electrons. The Morgan fingerprint density at radius 3 is 2.82 bits per heavy atom. The molecule has 0 fully saturated rings. The van der Waals surface area contributed by atoms with Crippen LogP contribution in [0.3, 0.4) is 0 Å². The standard InChI is InChI=1S/C12H13FN2O2/c1-3-15-10-5-4-8(13)6-9(10)11(12(15)17)14-7(2)16/h4-6,11H,3H2,1-2H3,(H,14,16)/t11-/m1/s1. The Balaban J connectivity index is 2.47. The number of halogens is 1. The van der Waals surface area contributed by atoms with Crippen molar-refractivity contribution >= 4 is 17.5 Å². The molecule has 0 spiro atoms. The van der Waals surface area contributed by atoms with Crippen molar-refractivity contribution in [2.75, 3.05) is 11.4 Å².